The number of rotatable bonds is 5. The van der Waals surface area contributed by atoms with Crippen LogP contribution < -0.4 is 4.74 Å². The highest BCUT2D eigenvalue weighted by Gasteiger charge is 2.21. The molecule has 0 fully saturated rings. The highest BCUT2D eigenvalue weighted by Crippen LogP contribution is 2.48. The van der Waals surface area contributed by atoms with Crippen LogP contribution in [-0.4, -0.2) is 9.97 Å². The quantitative estimate of drug-likeness (QED) is 0.186. The van der Waals surface area contributed by atoms with Gasteiger partial charge < -0.3 is 4.74 Å². The standard InChI is InChI=1S/C48H30N2O/c1-3-11-32(12-4-1)43-30-44(50-48(49-43)35-13-5-2-6-14-35)33-23-21-31(22-24-33)37-27-28-38(40-18-8-7-17-39(37)40)36-25-26-41-42-19-9-15-34-16-10-20-45(47(34)42)51-46(41)29-36/h1-30H. The Morgan fingerprint density at radius 3 is 1.59 bits per heavy atom. The van der Waals surface area contributed by atoms with Gasteiger partial charge in [0.25, 0.3) is 0 Å². The molecule has 10 rings (SSSR count). The molecule has 0 atom stereocenters. The second kappa shape index (κ2) is 11.9. The third kappa shape index (κ3) is 5.06. The topological polar surface area (TPSA) is 35.0 Å². The lowest BCUT2D eigenvalue weighted by molar-refractivity contribution is 0.487. The zero-order valence-electron chi connectivity index (χ0n) is 27.6. The Labute approximate surface area is 296 Å². The van der Waals surface area contributed by atoms with E-state index in [1.165, 1.54) is 38.2 Å². The fourth-order valence-electron chi connectivity index (χ4n) is 7.42. The first-order valence-corrected chi connectivity index (χ1v) is 17.2. The largest absolute Gasteiger partial charge is 0.456 e. The molecular weight excluding hydrogens is 621 g/mol. The van der Waals surface area contributed by atoms with Crippen molar-refractivity contribution in [1.29, 1.82) is 0 Å². The van der Waals surface area contributed by atoms with Crippen LogP contribution in [0.3, 0.4) is 0 Å². The number of aromatic nitrogens is 2. The summed E-state index contributed by atoms with van der Waals surface area (Å²) in [6.07, 6.45) is 0. The Morgan fingerprint density at radius 2 is 0.882 bits per heavy atom. The van der Waals surface area contributed by atoms with Crippen molar-refractivity contribution in [1.82, 2.24) is 9.97 Å². The molecule has 0 saturated heterocycles. The molecule has 2 heterocycles. The predicted octanol–water partition coefficient (Wildman–Crippen LogP) is 12.9. The summed E-state index contributed by atoms with van der Waals surface area (Å²) in [5.41, 5.74) is 11.9. The summed E-state index contributed by atoms with van der Waals surface area (Å²) in [5.74, 6) is 2.51. The van der Waals surface area contributed by atoms with E-state index in [0.717, 1.165) is 56.3 Å². The minimum atomic E-state index is 0.714. The van der Waals surface area contributed by atoms with Gasteiger partial charge in [0.2, 0.25) is 0 Å². The Bertz CT molecular complexity index is 2690. The summed E-state index contributed by atoms with van der Waals surface area (Å²) in [7, 11) is 0. The van der Waals surface area contributed by atoms with E-state index >= 15 is 0 Å². The maximum atomic E-state index is 6.52. The number of hydrogen-bond acceptors (Lipinski definition) is 3. The zero-order valence-corrected chi connectivity index (χ0v) is 27.6. The first-order valence-electron chi connectivity index (χ1n) is 17.2. The van der Waals surface area contributed by atoms with Crippen LogP contribution in [0.5, 0.6) is 11.5 Å². The smallest absolute Gasteiger partial charge is 0.160 e. The van der Waals surface area contributed by atoms with Crippen molar-refractivity contribution in [2.24, 2.45) is 0 Å². The molecule has 0 spiro atoms. The number of ether oxygens (including phenoxy) is 1. The number of fused-ring (bicyclic) bond motifs is 3. The molecule has 9 aromatic rings. The lowest BCUT2D eigenvalue weighted by Gasteiger charge is -2.22. The molecule has 0 bridgehead atoms. The predicted molar refractivity (Wildman–Crippen MR) is 210 cm³/mol. The Morgan fingerprint density at radius 1 is 0.333 bits per heavy atom. The molecule has 0 amide bonds. The van der Waals surface area contributed by atoms with Crippen molar-refractivity contribution in [3.63, 3.8) is 0 Å². The molecule has 3 heteroatoms. The number of hydrogen-bond donors (Lipinski definition) is 0. The van der Waals surface area contributed by atoms with Gasteiger partial charge in [0.05, 0.1) is 11.4 Å². The fourth-order valence-corrected chi connectivity index (χ4v) is 7.42. The van der Waals surface area contributed by atoms with Crippen molar-refractivity contribution in [2.45, 2.75) is 0 Å². The maximum Gasteiger partial charge on any atom is 0.160 e. The first-order chi connectivity index (χ1) is 25.3. The lowest BCUT2D eigenvalue weighted by Crippen LogP contribution is -1.97. The fraction of sp³-hybridized carbons (Fsp3) is 0. The normalized spacial score (nSPS) is 11.7. The first kappa shape index (κ1) is 29.1. The van der Waals surface area contributed by atoms with Gasteiger partial charge in [-0.2, -0.15) is 0 Å². The highest BCUT2D eigenvalue weighted by atomic mass is 16.5. The van der Waals surface area contributed by atoms with Crippen LogP contribution in [0.1, 0.15) is 0 Å². The van der Waals surface area contributed by atoms with Crippen molar-refractivity contribution in [2.75, 3.05) is 0 Å². The second-order valence-electron chi connectivity index (χ2n) is 13.0. The zero-order chi connectivity index (χ0) is 33.7. The molecule has 1 aliphatic rings. The number of benzene rings is 8. The summed E-state index contributed by atoms with van der Waals surface area (Å²) in [4.78, 5) is 9.98. The Kier molecular flexibility index (Phi) is 6.81. The molecule has 8 aromatic carbocycles. The van der Waals surface area contributed by atoms with E-state index in [0.29, 0.717) is 5.82 Å². The van der Waals surface area contributed by atoms with Crippen LogP contribution in [0.25, 0.3) is 88.8 Å². The monoisotopic (exact) mass is 650 g/mol. The van der Waals surface area contributed by atoms with Crippen LogP contribution >= 0.6 is 0 Å². The van der Waals surface area contributed by atoms with E-state index in [2.05, 4.69) is 146 Å². The van der Waals surface area contributed by atoms with Crippen LogP contribution in [0, 0.1) is 0 Å². The molecule has 0 N–H and O–H groups in total. The van der Waals surface area contributed by atoms with Gasteiger partial charge >= 0.3 is 0 Å². The van der Waals surface area contributed by atoms with Crippen LogP contribution in [-0.2, 0) is 0 Å². The summed E-state index contributed by atoms with van der Waals surface area (Å²) < 4.78 is 6.52. The third-order valence-electron chi connectivity index (χ3n) is 9.91. The molecule has 3 nitrogen and oxygen atoms in total. The molecule has 0 radical (unpaired) electrons. The van der Waals surface area contributed by atoms with Crippen molar-refractivity contribution in [3.05, 3.63) is 182 Å². The van der Waals surface area contributed by atoms with Gasteiger partial charge in [-0.3, -0.25) is 0 Å². The van der Waals surface area contributed by atoms with E-state index in [1.54, 1.807) is 0 Å². The third-order valence-corrected chi connectivity index (χ3v) is 9.91. The van der Waals surface area contributed by atoms with Gasteiger partial charge in [0.15, 0.2) is 5.82 Å². The van der Waals surface area contributed by atoms with Gasteiger partial charge in [-0.15, -0.1) is 0 Å². The van der Waals surface area contributed by atoms with Crippen LogP contribution in [0.4, 0.5) is 0 Å². The van der Waals surface area contributed by atoms with Crippen molar-refractivity contribution in [3.8, 4) is 78.8 Å². The van der Waals surface area contributed by atoms with Crippen molar-refractivity contribution < 1.29 is 4.74 Å². The maximum absolute atomic E-state index is 6.52. The van der Waals surface area contributed by atoms with Gasteiger partial charge in [-0.1, -0.05) is 158 Å². The van der Waals surface area contributed by atoms with Crippen LogP contribution in [0.2, 0.25) is 0 Å². The van der Waals surface area contributed by atoms with E-state index in [9.17, 15) is 0 Å². The van der Waals surface area contributed by atoms with Gasteiger partial charge in [0.1, 0.15) is 11.5 Å². The molecule has 0 unspecified atom stereocenters. The molecule has 0 saturated carbocycles. The van der Waals surface area contributed by atoms with E-state index < -0.39 is 0 Å². The lowest BCUT2D eigenvalue weighted by atomic mass is 9.89. The van der Waals surface area contributed by atoms with Crippen molar-refractivity contribution >= 4 is 21.5 Å². The minimum absolute atomic E-state index is 0.714. The highest BCUT2D eigenvalue weighted by molar-refractivity contribution is 6.07. The molecule has 51 heavy (non-hydrogen) atoms. The molecule has 1 aromatic heterocycles. The summed E-state index contributed by atoms with van der Waals surface area (Å²) in [6.45, 7) is 0. The molecule has 0 aliphatic carbocycles. The SMILES string of the molecule is c1ccc(-c2cc(-c3ccc(-c4ccc(-c5ccc6c(c5)Oc5cccc7cccc-6c57)c5ccccc45)cc3)nc(-c3ccccc3)n2)cc1. The summed E-state index contributed by atoms with van der Waals surface area (Å²) in [6, 6.07) is 63.8. The van der Waals surface area contributed by atoms with E-state index in [4.69, 9.17) is 14.7 Å². The van der Waals surface area contributed by atoms with Gasteiger partial charge in [-0.05, 0) is 68.2 Å². The second-order valence-corrected chi connectivity index (χ2v) is 13.0. The molecule has 1 aliphatic heterocycles. The van der Waals surface area contributed by atoms with E-state index in [1.807, 2.05) is 36.4 Å². The molecular formula is C48H30N2O. The van der Waals surface area contributed by atoms with E-state index in [-0.39, 0.29) is 0 Å². The summed E-state index contributed by atoms with van der Waals surface area (Å²) >= 11 is 0. The van der Waals surface area contributed by atoms with Crippen LogP contribution in [0.15, 0.2) is 182 Å². The minimum Gasteiger partial charge on any atom is -0.456 e. The average molecular weight is 651 g/mol. The van der Waals surface area contributed by atoms with Gasteiger partial charge in [0, 0.05) is 27.6 Å². The molecule has 238 valence electrons. The Hall–Kier alpha value is -6.84. The van der Waals surface area contributed by atoms with Gasteiger partial charge in [-0.25, -0.2) is 9.97 Å². The average Bonchev–Trinajstić information content (AvgIpc) is 3.21. The Balaban J connectivity index is 1.03. The summed E-state index contributed by atoms with van der Waals surface area (Å²) in [5, 5.41) is 4.78. The number of nitrogens with zero attached hydrogens (tertiary/aromatic N) is 2.